The van der Waals surface area contributed by atoms with Gasteiger partial charge in [-0.25, -0.2) is 8.42 Å². The predicted octanol–water partition coefficient (Wildman–Crippen LogP) is 3.26. The fourth-order valence-electron chi connectivity index (χ4n) is 3.86. The van der Waals surface area contributed by atoms with E-state index in [1.165, 1.54) is 9.71 Å². The molecule has 2 heterocycles. The van der Waals surface area contributed by atoms with Gasteiger partial charge in [-0.2, -0.15) is 9.40 Å². The summed E-state index contributed by atoms with van der Waals surface area (Å²) in [6.07, 6.45) is 6.32. The Balaban J connectivity index is 1.23. The maximum atomic E-state index is 12.6. The molecule has 1 fully saturated rings. The van der Waals surface area contributed by atoms with Gasteiger partial charge >= 0.3 is 0 Å². The van der Waals surface area contributed by atoms with Crippen LogP contribution in [0.15, 0.2) is 78.5 Å². The van der Waals surface area contributed by atoms with E-state index in [-0.39, 0.29) is 11.8 Å². The van der Waals surface area contributed by atoms with Gasteiger partial charge in [-0.05, 0) is 41.7 Å². The maximum absolute atomic E-state index is 12.6. The fraction of sp³-hybridized carbons (Fsp3) is 0.280. The van der Waals surface area contributed by atoms with Crippen LogP contribution in [-0.2, 0) is 27.9 Å². The van der Waals surface area contributed by atoms with Crippen LogP contribution < -0.4 is 5.32 Å². The first-order valence-electron chi connectivity index (χ1n) is 11.1. The van der Waals surface area contributed by atoms with Crippen molar-refractivity contribution < 1.29 is 13.2 Å². The Morgan fingerprint density at radius 1 is 1.00 bits per heavy atom. The van der Waals surface area contributed by atoms with Crippen molar-refractivity contribution in [2.24, 2.45) is 5.92 Å². The van der Waals surface area contributed by atoms with Crippen LogP contribution in [0.3, 0.4) is 0 Å². The molecule has 0 radical (unpaired) electrons. The van der Waals surface area contributed by atoms with E-state index < -0.39 is 10.0 Å². The van der Waals surface area contributed by atoms with Crippen molar-refractivity contribution in [3.8, 4) is 0 Å². The quantitative estimate of drug-likeness (QED) is 0.555. The summed E-state index contributed by atoms with van der Waals surface area (Å²) < 4.78 is 28.5. The van der Waals surface area contributed by atoms with Crippen LogP contribution in [0.4, 0.5) is 0 Å². The number of amides is 1. The van der Waals surface area contributed by atoms with Crippen molar-refractivity contribution >= 4 is 22.0 Å². The number of sulfonamides is 1. The molecule has 1 amide bonds. The van der Waals surface area contributed by atoms with Gasteiger partial charge in [-0.1, -0.05) is 54.6 Å². The van der Waals surface area contributed by atoms with E-state index in [0.717, 1.165) is 16.7 Å². The Labute approximate surface area is 194 Å². The molecule has 1 aliphatic rings. The van der Waals surface area contributed by atoms with Gasteiger partial charge in [0.1, 0.15) is 0 Å². The van der Waals surface area contributed by atoms with Crippen LogP contribution in [0.2, 0.25) is 0 Å². The SMILES string of the molecule is O=C(NCc1ccc(Cn2cccn2)cc1)C1CCN(S(=O)(=O)/C=C/c2ccccc2)CC1. The molecule has 0 atom stereocenters. The van der Waals surface area contributed by atoms with Crippen LogP contribution in [-0.4, -0.2) is 41.5 Å². The highest BCUT2D eigenvalue weighted by Crippen LogP contribution is 2.21. The smallest absolute Gasteiger partial charge is 0.236 e. The first-order chi connectivity index (χ1) is 16.0. The Morgan fingerprint density at radius 3 is 2.36 bits per heavy atom. The second kappa shape index (κ2) is 10.6. The van der Waals surface area contributed by atoms with Gasteiger partial charge in [-0.15, -0.1) is 0 Å². The van der Waals surface area contributed by atoms with Crippen molar-refractivity contribution in [1.82, 2.24) is 19.4 Å². The monoisotopic (exact) mass is 464 g/mol. The Hall–Kier alpha value is -3.23. The van der Waals surface area contributed by atoms with E-state index in [9.17, 15) is 13.2 Å². The number of carbonyl (C=O) groups is 1. The Kier molecular flexibility index (Phi) is 7.36. The molecule has 2 aromatic carbocycles. The molecule has 7 nitrogen and oxygen atoms in total. The van der Waals surface area contributed by atoms with Crippen molar-refractivity contribution in [2.75, 3.05) is 13.1 Å². The Bertz CT molecular complexity index is 1170. The molecule has 1 saturated heterocycles. The first-order valence-corrected chi connectivity index (χ1v) is 12.6. The van der Waals surface area contributed by atoms with Crippen LogP contribution in [0.1, 0.15) is 29.5 Å². The zero-order valence-electron chi connectivity index (χ0n) is 18.4. The van der Waals surface area contributed by atoms with E-state index in [0.29, 0.717) is 39.0 Å². The van der Waals surface area contributed by atoms with Gasteiger partial charge in [-0.3, -0.25) is 9.48 Å². The van der Waals surface area contributed by atoms with Gasteiger partial charge in [0.05, 0.1) is 6.54 Å². The van der Waals surface area contributed by atoms with Gasteiger partial charge in [0, 0.05) is 43.4 Å². The van der Waals surface area contributed by atoms with Gasteiger partial charge in [0.2, 0.25) is 15.9 Å². The summed E-state index contributed by atoms with van der Waals surface area (Å²) in [5.41, 5.74) is 3.01. The lowest BCUT2D eigenvalue weighted by atomic mass is 9.97. The molecule has 33 heavy (non-hydrogen) atoms. The maximum Gasteiger partial charge on any atom is 0.236 e. The molecule has 1 aliphatic heterocycles. The number of rotatable bonds is 8. The number of aromatic nitrogens is 2. The summed E-state index contributed by atoms with van der Waals surface area (Å²) in [6.45, 7) is 1.87. The minimum atomic E-state index is -3.49. The van der Waals surface area contributed by atoms with Crippen LogP contribution in [0.5, 0.6) is 0 Å². The topological polar surface area (TPSA) is 84.3 Å². The van der Waals surface area contributed by atoms with E-state index in [2.05, 4.69) is 10.4 Å². The van der Waals surface area contributed by atoms with Gasteiger partial charge < -0.3 is 5.32 Å². The Morgan fingerprint density at radius 2 is 1.70 bits per heavy atom. The molecule has 0 aliphatic carbocycles. The summed E-state index contributed by atoms with van der Waals surface area (Å²) in [6, 6.07) is 19.3. The zero-order valence-corrected chi connectivity index (χ0v) is 19.2. The molecule has 0 saturated carbocycles. The van der Waals surface area contributed by atoms with Crippen molar-refractivity contribution in [1.29, 1.82) is 0 Å². The molecule has 172 valence electrons. The first kappa shape index (κ1) is 22.9. The number of hydrogen-bond donors (Lipinski definition) is 1. The van der Waals surface area contributed by atoms with Crippen molar-refractivity contribution in [3.05, 3.63) is 95.2 Å². The molecular weight excluding hydrogens is 436 g/mol. The minimum absolute atomic E-state index is 0.0208. The standard InChI is InChI=1S/C25H28N4O3S/c30-25(26-19-22-7-9-23(10-8-22)20-28-15-4-14-27-28)24-11-16-29(17-12-24)33(31,32)18-13-21-5-2-1-3-6-21/h1-10,13-15,18,24H,11-12,16-17,19-20H2,(H,26,30)/b18-13+. The average Bonchev–Trinajstić information content (AvgIpc) is 3.36. The fourth-order valence-corrected chi connectivity index (χ4v) is 5.09. The summed E-state index contributed by atoms with van der Waals surface area (Å²) in [5.74, 6) is -0.193. The van der Waals surface area contributed by atoms with Crippen molar-refractivity contribution in [3.63, 3.8) is 0 Å². The molecular formula is C25H28N4O3S. The number of piperidine rings is 1. The molecule has 1 N–H and O–H groups in total. The highest BCUT2D eigenvalue weighted by Gasteiger charge is 2.29. The number of benzene rings is 2. The van der Waals surface area contributed by atoms with Crippen molar-refractivity contribution in [2.45, 2.75) is 25.9 Å². The number of hydrogen-bond acceptors (Lipinski definition) is 4. The highest BCUT2D eigenvalue weighted by atomic mass is 32.2. The summed E-state index contributed by atoms with van der Waals surface area (Å²) in [4.78, 5) is 12.6. The van der Waals surface area contributed by atoms with Gasteiger partial charge in [0.15, 0.2) is 0 Å². The normalized spacial score (nSPS) is 15.6. The second-order valence-electron chi connectivity index (χ2n) is 8.17. The van der Waals surface area contributed by atoms with Gasteiger partial charge in [0.25, 0.3) is 0 Å². The largest absolute Gasteiger partial charge is 0.352 e. The lowest BCUT2D eigenvalue weighted by Gasteiger charge is -2.29. The van der Waals surface area contributed by atoms with E-state index in [4.69, 9.17) is 0 Å². The second-order valence-corrected chi connectivity index (χ2v) is 9.99. The molecule has 4 rings (SSSR count). The summed E-state index contributed by atoms with van der Waals surface area (Å²) in [5, 5.41) is 8.45. The third-order valence-electron chi connectivity index (χ3n) is 5.81. The molecule has 0 unspecified atom stereocenters. The highest BCUT2D eigenvalue weighted by molar-refractivity contribution is 7.92. The molecule has 8 heteroatoms. The zero-order chi connectivity index (χ0) is 23.1. The summed E-state index contributed by atoms with van der Waals surface area (Å²) in [7, 11) is -3.49. The lowest BCUT2D eigenvalue weighted by molar-refractivity contribution is -0.126. The third-order valence-corrected chi connectivity index (χ3v) is 7.38. The molecule has 1 aromatic heterocycles. The van der Waals surface area contributed by atoms with Crippen LogP contribution in [0.25, 0.3) is 6.08 Å². The van der Waals surface area contributed by atoms with Crippen LogP contribution >= 0.6 is 0 Å². The van der Waals surface area contributed by atoms with E-state index >= 15 is 0 Å². The minimum Gasteiger partial charge on any atom is -0.352 e. The third kappa shape index (κ3) is 6.40. The molecule has 0 spiro atoms. The lowest BCUT2D eigenvalue weighted by Crippen LogP contribution is -2.42. The molecule has 3 aromatic rings. The summed E-state index contributed by atoms with van der Waals surface area (Å²) >= 11 is 0. The predicted molar refractivity (Wildman–Crippen MR) is 128 cm³/mol. The molecule has 0 bridgehead atoms. The average molecular weight is 465 g/mol. The van der Waals surface area contributed by atoms with E-state index in [1.807, 2.05) is 71.5 Å². The van der Waals surface area contributed by atoms with Crippen LogP contribution in [0, 0.1) is 5.92 Å². The number of nitrogens with one attached hydrogen (secondary N) is 1. The number of carbonyl (C=O) groups excluding carboxylic acids is 1. The number of nitrogens with zero attached hydrogens (tertiary/aromatic N) is 3. The van der Waals surface area contributed by atoms with E-state index in [1.54, 1.807) is 12.3 Å².